The van der Waals surface area contributed by atoms with Crippen LogP contribution in [0.1, 0.15) is 15.9 Å². The molecule has 5 heteroatoms. The maximum absolute atomic E-state index is 12.8. The molecule has 2 aromatic carbocycles. The SMILES string of the molecule is COc1cccc(/C(=C\C(F)(F)F)C(=O)c2ccccc2)c1. The van der Waals surface area contributed by atoms with Crippen LogP contribution in [0.4, 0.5) is 13.2 Å². The summed E-state index contributed by atoms with van der Waals surface area (Å²) in [7, 11) is 1.41. The zero-order valence-corrected chi connectivity index (χ0v) is 11.7. The van der Waals surface area contributed by atoms with Crippen molar-refractivity contribution in [2.45, 2.75) is 6.18 Å². The molecule has 0 N–H and O–H groups in total. The van der Waals surface area contributed by atoms with Crippen LogP contribution in [0.3, 0.4) is 0 Å². The maximum Gasteiger partial charge on any atom is 0.410 e. The molecule has 0 bridgehead atoms. The zero-order chi connectivity index (χ0) is 16.2. The lowest BCUT2D eigenvalue weighted by Crippen LogP contribution is -2.09. The van der Waals surface area contributed by atoms with Gasteiger partial charge in [0.2, 0.25) is 0 Å². The molecule has 0 aliphatic heterocycles. The van der Waals surface area contributed by atoms with Gasteiger partial charge < -0.3 is 4.74 Å². The van der Waals surface area contributed by atoms with Gasteiger partial charge in [0.15, 0.2) is 5.78 Å². The number of halogens is 3. The third kappa shape index (κ3) is 3.97. The summed E-state index contributed by atoms with van der Waals surface area (Å²) in [5, 5.41) is 0. The van der Waals surface area contributed by atoms with Crippen molar-refractivity contribution in [1.29, 1.82) is 0 Å². The molecule has 0 amide bonds. The molecular formula is C17H13F3O2. The number of allylic oxidation sites excluding steroid dienone is 2. The van der Waals surface area contributed by atoms with Gasteiger partial charge in [-0.05, 0) is 17.7 Å². The van der Waals surface area contributed by atoms with Gasteiger partial charge in [-0.15, -0.1) is 0 Å². The fourth-order valence-corrected chi connectivity index (χ4v) is 1.98. The number of ketones is 1. The third-order valence-electron chi connectivity index (χ3n) is 2.97. The minimum Gasteiger partial charge on any atom is -0.497 e. The van der Waals surface area contributed by atoms with Crippen LogP contribution in [0.25, 0.3) is 5.57 Å². The second-order valence-corrected chi connectivity index (χ2v) is 4.53. The van der Waals surface area contributed by atoms with Crippen molar-refractivity contribution in [3.05, 3.63) is 71.8 Å². The molecule has 0 atom stereocenters. The molecule has 0 radical (unpaired) electrons. The van der Waals surface area contributed by atoms with Gasteiger partial charge >= 0.3 is 6.18 Å². The average Bonchev–Trinajstić information content (AvgIpc) is 2.52. The van der Waals surface area contributed by atoms with Gasteiger partial charge in [-0.25, -0.2) is 0 Å². The first-order chi connectivity index (χ1) is 10.4. The summed E-state index contributed by atoms with van der Waals surface area (Å²) in [4.78, 5) is 12.4. The van der Waals surface area contributed by atoms with Crippen LogP contribution < -0.4 is 4.74 Å². The van der Waals surface area contributed by atoms with Gasteiger partial charge in [-0.2, -0.15) is 13.2 Å². The van der Waals surface area contributed by atoms with E-state index < -0.39 is 17.5 Å². The van der Waals surface area contributed by atoms with Gasteiger partial charge in [0.05, 0.1) is 7.11 Å². The normalized spacial score (nSPS) is 12.1. The van der Waals surface area contributed by atoms with Crippen LogP contribution in [0.15, 0.2) is 60.7 Å². The highest BCUT2D eigenvalue weighted by molar-refractivity contribution is 6.29. The molecule has 2 aromatic rings. The summed E-state index contributed by atoms with van der Waals surface area (Å²) in [5.74, 6) is -0.308. The van der Waals surface area contributed by atoms with E-state index in [9.17, 15) is 18.0 Å². The summed E-state index contributed by atoms with van der Waals surface area (Å²) in [5.41, 5.74) is -0.0658. The molecular weight excluding hydrogens is 293 g/mol. The van der Waals surface area contributed by atoms with Crippen LogP contribution >= 0.6 is 0 Å². The summed E-state index contributed by atoms with van der Waals surface area (Å²) in [6.45, 7) is 0. The summed E-state index contributed by atoms with van der Waals surface area (Å²) in [6.07, 6.45) is -4.57. The molecule has 2 rings (SSSR count). The molecule has 0 aliphatic rings. The largest absolute Gasteiger partial charge is 0.497 e. The second-order valence-electron chi connectivity index (χ2n) is 4.53. The van der Waals surface area contributed by atoms with E-state index in [1.165, 1.54) is 37.4 Å². The molecule has 0 fully saturated rings. The second kappa shape index (κ2) is 6.47. The van der Waals surface area contributed by atoms with Crippen molar-refractivity contribution >= 4 is 11.4 Å². The Balaban J connectivity index is 2.52. The highest BCUT2D eigenvalue weighted by Crippen LogP contribution is 2.28. The van der Waals surface area contributed by atoms with Gasteiger partial charge in [0.1, 0.15) is 5.75 Å². The molecule has 0 aromatic heterocycles. The van der Waals surface area contributed by atoms with E-state index >= 15 is 0 Å². The number of hydrogen-bond acceptors (Lipinski definition) is 2. The number of carbonyl (C=O) groups excluding carboxylic acids is 1. The number of ether oxygens (including phenoxy) is 1. The lowest BCUT2D eigenvalue weighted by Gasteiger charge is -2.10. The summed E-state index contributed by atoms with van der Waals surface area (Å²) < 4.78 is 43.4. The quantitative estimate of drug-likeness (QED) is 0.613. The Morgan fingerprint density at radius 1 is 1.00 bits per heavy atom. The molecule has 0 spiro atoms. The van der Waals surface area contributed by atoms with E-state index in [0.29, 0.717) is 5.75 Å². The minimum atomic E-state index is -4.59. The Bertz CT molecular complexity index is 689. The number of benzene rings is 2. The van der Waals surface area contributed by atoms with E-state index in [1.54, 1.807) is 24.3 Å². The monoisotopic (exact) mass is 306 g/mol. The molecule has 2 nitrogen and oxygen atoms in total. The minimum absolute atomic E-state index is 0.0249. The Hall–Kier alpha value is -2.56. The van der Waals surface area contributed by atoms with E-state index in [-0.39, 0.29) is 17.2 Å². The van der Waals surface area contributed by atoms with Gasteiger partial charge in [-0.1, -0.05) is 42.5 Å². The predicted molar refractivity (Wildman–Crippen MR) is 77.8 cm³/mol. The van der Waals surface area contributed by atoms with Crippen molar-refractivity contribution in [3.63, 3.8) is 0 Å². The van der Waals surface area contributed by atoms with Crippen molar-refractivity contribution in [2.24, 2.45) is 0 Å². The third-order valence-corrected chi connectivity index (χ3v) is 2.97. The van der Waals surface area contributed by atoms with E-state index in [4.69, 9.17) is 4.74 Å². The number of carbonyl (C=O) groups is 1. The summed E-state index contributed by atoms with van der Waals surface area (Å²) >= 11 is 0. The first kappa shape index (κ1) is 15.8. The lowest BCUT2D eigenvalue weighted by molar-refractivity contribution is -0.0793. The molecule has 0 unspecified atom stereocenters. The number of hydrogen-bond donors (Lipinski definition) is 0. The number of methoxy groups -OCH3 is 1. The fraction of sp³-hybridized carbons (Fsp3) is 0.118. The number of rotatable bonds is 4. The van der Waals surface area contributed by atoms with Crippen molar-refractivity contribution in [3.8, 4) is 5.75 Å². The Kier molecular flexibility index (Phi) is 4.65. The topological polar surface area (TPSA) is 26.3 Å². The Labute approximate surface area is 125 Å². The lowest BCUT2D eigenvalue weighted by atomic mass is 9.96. The van der Waals surface area contributed by atoms with Crippen LogP contribution in [-0.4, -0.2) is 19.1 Å². The van der Waals surface area contributed by atoms with E-state index in [0.717, 1.165) is 0 Å². The molecule has 22 heavy (non-hydrogen) atoms. The summed E-state index contributed by atoms with van der Waals surface area (Å²) in [6, 6.07) is 13.8. The van der Waals surface area contributed by atoms with Crippen molar-refractivity contribution in [1.82, 2.24) is 0 Å². The van der Waals surface area contributed by atoms with E-state index in [1.807, 2.05) is 0 Å². The predicted octanol–water partition coefficient (Wildman–Crippen LogP) is 4.52. The molecule has 0 saturated heterocycles. The fourth-order valence-electron chi connectivity index (χ4n) is 1.98. The maximum atomic E-state index is 12.8. The average molecular weight is 306 g/mol. The molecule has 0 saturated carbocycles. The van der Waals surface area contributed by atoms with Crippen LogP contribution in [0.5, 0.6) is 5.75 Å². The van der Waals surface area contributed by atoms with Gasteiger partial charge in [0.25, 0.3) is 0 Å². The van der Waals surface area contributed by atoms with Gasteiger partial charge in [0, 0.05) is 17.2 Å². The number of alkyl halides is 3. The highest BCUT2D eigenvalue weighted by Gasteiger charge is 2.28. The smallest absolute Gasteiger partial charge is 0.410 e. The molecule has 0 aliphatic carbocycles. The van der Waals surface area contributed by atoms with Crippen LogP contribution in [0.2, 0.25) is 0 Å². The highest BCUT2D eigenvalue weighted by atomic mass is 19.4. The zero-order valence-electron chi connectivity index (χ0n) is 11.7. The Morgan fingerprint density at radius 3 is 2.23 bits per heavy atom. The molecule has 114 valence electrons. The standard InChI is InChI=1S/C17H13F3O2/c1-22-14-9-5-8-13(10-14)15(11-17(18,19)20)16(21)12-6-3-2-4-7-12/h2-11H,1H3/b15-11+. The van der Waals surface area contributed by atoms with Crippen LogP contribution in [0, 0.1) is 0 Å². The Morgan fingerprint density at radius 2 is 1.64 bits per heavy atom. The first-order valence-corrected chi connectivity index (χ1v) is 6.44. The van der Waals surface area contributed by atoms with E-state index in [2.05, 4.69) is 0 Å². The number of Topliss-reactive ketones (excluding diaryl/α,β-unsaturated/α-hetero) is 1. The molecule has 0 heterocycles. The first-order valence-electron chi connectivity index (χ1n) is 6.44. The van der Waals surface area contributed by atoms with Crippen molar-refractivity contribution < 1.29 is 22.7 Å². The van der Waals surface area contributed by atoms with Gasteiger partial charge in [-0.3, -0.25) is 4.79 Å². The van der Waals surface area contributed by atoms with Crippen LogP contribution in [-0.2, 0) is 0 Å². The van der Waals surface area contributed by atoms with Crippen molar-refractivity contribution in [2.75, 3.05) is 7.11 Å².